The number of carbonyl (C=O) groups is 3. The van der Waals surface area contributed by atoms with Crippen molar-refractivity contribution in [2.45, 2.75) is 38.8 Å². The van der Waals surface area contributed by atoms with Crippen LogP contribution in [0.2, 0.25) is 0 Å². The summed E-state index contributed by atoms with van der Waals surface area (Å²) in [4.78, 5) is 57.6. The van der Waals surface area contributed by atoms with Gasteiger partial charge in [0.2, 0.25) is 0 Å². The minimum atomic E-state index is -1.28. The Hall–Kier alpha value is -5.33. The van der Waals surface area contributed by atoms with Crippen LogP contribution >= 0.6 is 0 Å². The summed E-state index contributed by atoms with van der Waals surface area (Å²) in [6.45, 7) is -0.499. The van der Waals surface area contributed by atoms with E-state index in [4.69, 9.17) is 18.9 Å². The second-order valence-corrected chi connectivity index (χ2v) is 8.34. The number of carbonyl (C=O) groups excluding carboxylic acids is 3. The Kier molecular flexibility index (Phi) is 10.6. The molecule has 3 rings (SSSR count). The summed E-state index contributed by atoms with van der Waals surface area (Å²) in [5.41, 5.74) is 1.43. The average Bonchev–Trinajstić information content (AvgIpc) is 2.95. The predicted molar refractivity (Wildman–Crippen MR) is 137 cm³/mol. The van der Waals surface area contributed by atoms with Crippen LogP contribution in [0.4, 0.5) is 16.2 Å². The molecule has 3 aromatic rings. The predicted octanol–water partition coefficient (Wildman–Crippen LogP) is 4.79. The van der Waals surface area contributed by atoms with Crippen molar-refractivity contribution in [2.24, 2.45) is 0 Å². The maximum absolute atomic E-state index is 12.4. The van der Waals surface area contributed by atoms with Gasteiger partial charge in [-0.25, -0.2) is 4.79 Å². The van der Waals surface area contributed by atoms with Gasteiger partial charge in [0.1, 0.15) is 25.9 Å². The van der Waals surface area contributed by atoms with Crippen LogP contribution in [0.3, 0.4) is 0 Å². The molecule has 40 heavy (non-hydrogen) atoms. The van der Waals surface area contributed by atoms with Gasteiger partial charge < -0.3 is 18.9 Å². The van der Waals surface area contributed by atoms with Gasteiger partial charge in [0.15, 0.2) is 0 Å². The number of benzene rings is 3. The van der Waals surface area contributed by atoms with Crippen molar-refractivity contribution in [1.29, 1.82) is 0 Å². The number of hydrogen-bond donors (Lipinski definition) is 0. The first kappa shape index (κ1) is 29.2. The smallest absolute Gasteiger partial charge is 0.461 e. The van der Waals surface area contributed by atoms with Crippen LogP contribution in [0.15, 0.2) is 78.9 Å². The highest BCUT2D eigenvalue weighted by Crippen LogP contribution is 2.16. The summed E-state index contributed by atoms with van der Waals surface area (Å²) in [5.74, 6) is -1.61. The molecule has 0 saturated heterocycles. The van der Waals surface area contributed by atoms with Crippen LogP contribution in [-0.2, 0) is 48.4 Å². The number of hydrogen-bond acceptors (Lipinski definition) is 11. The summed E-state index contributed by atoms with van der Waals surface area (Å²) < 4.78 is 20.6. The third-order valence-corrected chi connectivity index (χ3v) is 5.35. The first-order valence-corrected chi connectivity index (χ1v) is 11.8. The first-order valence-electron chi connectivity index (χ1n) is 11.8. The highest BCUT2D eigenvalue weighted by Gasteiger charge is 2.25. The van der Waals surface area contributed by atoms with Crippen molar-refractivity contribution in [1.82, 2.24) is 0 Å². The van der Waals surface area contributed by atoms with E-state index in [1.807, 2.05) is 0 Å². The molecule has 13 nitrogen and oxygen atoms in total. The van der Waals surface area contributed by atoms with Crippen LogP contribution in [0.25, 0.3) is 0 Å². The molecule has 0 spiro atoms. The maximum atomic E-state index is 12.4. The lowest BCUT2D eigenvalue weighted by Crippen LogP contribution is -2.26. The second-order valence-electron chi connectivity index (χ2n) is 8.34. The molecule has 0 aliphatic carbocycles. The molecule has 13 heteroatoms. The summed E-state index contributed by atoms with van der Waals surface area (Å²) in [6.07, 6.45) is -3.39. The van der Waals surface area contributed by atoms with E-state index in [9.17, 15) is 34.6 Å². The molecule has 0 radical (unpaired) electrons. The number of rotatable bonds is 13. The van der Waals surface area contributed by atoms with E-state index in [1.165, 1.54) is 48.5 Å². The Morgan fingerprint density at radius 1 is 0.600 bits per heavy atom. The summed E-state index contributed by atoms with van der Waals surface area (Å²) >= 11 is 0. The largest absolute Gasteiger partial charge is 0.508 e. The highest BCUT2D eigenvalue weighted by molar-refractivity contribution is 5.74. The number of nitro groups is 2. The molecule has 0 saturated carbocycles. The zero-order valence-corrected chi connectivity index (χ0v) is 21.0. The maximum Gasteiger partial charge on any atom is 0.508 e. The van der Waals surface area contributed by atoms with Crippen molar-refractivity contribution < 1.29 is 43.2 Å². The third-order valence-electron chi connectivity index (χ3n) is 5.35. The quantitative estimate of drug-likeness (QED) is 0.123. The molecule has 3 aromatic carbocycles. The zero-order chi connectivity index (χ0) is 28.9. The monoisotopic (exact) mass is 552 g/mol. The highest BCUT2D eigenvalue weighted by atomic mass is 16.7. The molecule has 208 valence electrons. The van der Waals surface area contributed by atoms with Crippen LogP contribution in [0, 0.1) is 20.2 Å². The molecule has 0 aliphatic heterocycles. The molecule has 0 unspecified atom stereocenters. The van der Waals surface area contributed by atoms with E-state index in [0.717, 1.165) is 0 Å². The van der Waals surface area contributed by atoms with Crippen LogP contribution in [-0.4, -0.2) is 34.0 Å². The van der Waals surface area contributed by atoms with E-state index in [1.54, 1.807) is 30.3 Å². The molecular weight excluding hydrogens is 528 g/mol. The minimum Gasteiger partial charge on any atom is -0.461 e. The van der Waals surface area contributed by atoms with Crippen LogP contribution < -0.4 is 0 Å². The fraction of sp³-hybridized carbons (Fsp3) is 0.222. The number of nitro benzene ring substituents is 2. The Bertz CT molecular complexity index is 1250. The lowest BCUT2D eigenvalue weighted by molar-refractivity contribution is -0.385. The Morgan fingerprint density at radius 2 is 1.00 bits per heavy atom. The molecule has 0 aromatic heterocycles. The lowest BCUT2D eigenvalue weighted by atomic mass is 10.2. The van der Waals surface area contributed by atoms with Gasteiger partial charge in [0.25, 0.3) is 11.4 Å². The van der Waals surface area contributed by atoms with Gasteiger partial charge >= 0.3 is 18.1 Å². The summed E-state index contributed by atoms with van der Waals surface area (Å²) in [5, 5.41) is 21.5. The molecule has 0 atom stereocenters. The summed E-state index contributed by atoms with van der Waals surface area (Å²) in [7, 11) is 0. The Morgan fingerprint density at radius 3 is 1.43 bits per heavy atom. The van der Waals surface area contributed by atoms with Crippen LogP contribution in [0.1, 0.15) is 29.5 Å². The third kappa shape index (κ3) is 9.85. The second kappa shape index (κ2) is 14.6. The number of ether oxygens (including phenoxy) is 4. The van der Waals surface area contributed by atoms with Crippen molar-refractivity contribution in [3.63, 3.8) is 0 Å². The van der Waals surface area contributed by atoms with Gasteiger partial charge in [-0.1, -0.05) is 30.3 Å². The normalized spacial score (nSPS) is 10.4. The first-order chi connectivity index (χ1) is 19.2. The number of nitrogens with zero attached hydrogens (tertiary/aromatic N) is 2. The molecule has 0 N–H and O–H groups in total. The van der Waals surface area contributed by atoms with Gasteiger partial charge in [-0.2, -0.15) is 0 Å². The van der Waals surface area contributed by atoms with E-state index in [2.05, 4.69) is 0 Å². The van der Waals surface area contributed by atoms with Crippen molar-refractivity contribution >= 4 is 29.5 Å². The van der Waals surface area contributed by atoms with Gasteiger partial charge in [0.05, 0.1) is 22.7 Å². The van der Waals surface area contributed by atoms with E-state index in [0.29, 0.717) is 16.7 Å². The summed E-state index contributed by atoms with van der Waals surface area (Å²) in [6, 6.07) is 19.5. The van der Waals surface area contributed by atoms with Gasteiger partial charge in [0, 0.05) is 24.3 Å². The molecule has 0 amide bonds. The Balaban J connectivity index is 1.56. The van der Waals surface area contributed by atoms with E-state index in [-0.39, 0.29) is 31.2 Å². The van der Waals surface area contributed by atoms with E-state index >= 15 is 0 Å². The average molecular weight is 552 g/mol. The molecule has 0 bridgehead atoms. The van der Waals surface area contributed by atoms with Crippen molar-refractivity contribution in [3.05, 3.63) is 116 Å². The fourth-order valence-electron chi connectivity index (χ4n) is 3.29. The Labute approximate surface area is 227 Å². The number of esters is 2. The van der Waals surface area contributed by atoms with Gasteiger partial charge in [-0.15, -0.1) is 0 Å². The van der Waals surface area contributed by atoms with Gasteiger partial charge in [-0.3, -0.25) is 29.8 Å². The SMILES string of the molecule is O=C(CC(CC(=O)OCc1ccc([N+](=O)[O-])cc1)OC(=O)OCc1ccccc1)OCc1ccc([N+](=O)[O-])cc1. The number of non-ortho nitro benzene ring substituents is 2. The fourth-order valence-corrected chi connectivity index (χ4v) is 3.29. The van der Waals surface area contributed by atoms with E-state index < -0.39 is 46.9 Å². The minimum absolute atomic E-state index is 0.0957. The van der Waals surface area contributed by atoms with Crippen molar-refractivity contribution in [2.75, 3.05) is 0 Å². The topological polar surface area (TPSA) is 174 Å². The molecular formula is C27H24N2O11. The molecule has 0 heterocycles. The lowest BCUT2D eigenvalue weighted by Gasteiger charge is -2.17. The standard InChI is InChI=1S/C27H24N2O11/c30-25(37-16-20-6-10-22(11-7-20)28(33)34)14-24(40-27(32)39-18-19-4-2-1-3-5-19)15-26(31)38-17-21-8-12-23(13-9-21)29(35)36/h1-13,24H,14-18H2. The molecule has 0 fully saturated rings. The zero-order valence-electron chi connectivity index (χ0n) is 21.0. The van der Waals surface area contributed by atoms with Gasteiger partial charge in [-0.05, 0) is 41.0 Å². The van der Waals surface area contributed by atoms with Crippen LogP contribution in [0.5, 0.6) is 0 Å². The molecule has 0 aliphatic rings. The van der Waals surface area contributed by atoms with Crippen molar-refractivity contribution in [3.8, 4) is 0 Å².